The fraction of sp³-hybridized carbons (Fsp3) is 1.00. The molecule has 0 unspecified atom stereocenters. The molecule has 1 N–H and O–H groups in total. The minimum Gasteiger partial charge on any atom is -0.395 e. The van der Waals surface area contributed by atoms with Gasteiger partial charge in [-0.1, -0.05) is 6.92 Å². The van der Waals surface area contributed by atoms with E-state index in [0.29, 0.717) is 5.92 Å². The van der Waals surface area contributed by atoms with Crippen molar-refractivity contribution in [2.24, 2.45) is 5.92 Å². The third kappa shape index (κ3) is 1.79. The molecule has 0 aromatic carbocycles. The number of rotatable bonds is 3. The molecule has 3 heteroatoms. The first-order valence-electron chi connectivity index (χ1n) is 4.63. The van der Waals surface area contributed by atoms with Crippen molar-refractivity contribution in [1.29, 1.82) is 0 Å². The first-order valence-corrected chi connectivity index (χ1v) is 4.63. The van der Waals surface area contributed by atoms with Crippen LogP contribution in [0.3, 0.4) is 0 Å². The molecule has 1 aliphatic rings. The molecule has 0 amide bonds. The molecule has 72 valence electrons. The van der Waals surface area contributed by atoms with Crippen molar-refractivity contribution < 1.29 is 9.84 Å². The van der Waals surface area contributed by atoms with Crippen molar-refractivity contribution in [3.63, 3.8) is 0 Å². The van der Waals surface area contributed by atoms with Crippen molar-refractivity contribution in [3.8, 4) is 0 Å². The van der Waals surface area contributed by atoms with Gasteiger partial charge in [-0.25, -0.2) is 0 Å². The van der Waals surface area contributed by atoms with Crippen LogP contribution in [-0.4, -0.2) is 49.0 Å². The highest BCUT2D eigenvalue weighted by molar-refractivity contribution is 4.90. The summed E-state index contributed by atoms with van der Waals surface area (Å²) in [6, 6.07) is 0.194. The molecule has 1 aliphatic heterocycles. The summed E-state index contributed by atoms with van der Waals surface area (Å²) in [7, 11) is 2.04. The van der Waals surface area contributed by atoms with Gasteiger partial charge >= 0.3 is 0 Å². The van der Waals surface area contributed by atoms with E-state index >= 15 is 0 Å². The number of likely N-dealkylation sites (tertiary alicyclic amines) is 1. The van der Waals surface area contributed by atoms with Gasteiger partial charge in [0.2, 0.25) is 0 Å². The van der Waals surface area contributed by atoms with E-state index in [-0.39, 0.29) is 18.8 Å². The topological polar surface area (TPSA) is 32.7 Å². The fourth-order valence-corrected chi connectivity index (χ4v) is 2.03. The normalized spacial score (nSPS) is 37.5. The van der Waals surface area contributed by atoms with Gasteiger partial charge in [0.25, 0.3) is 0 Å². The van der Waals surface area contributed by atoms with Crippen molar-refractivity contribution >= 4 is 0 Å². The van der Waals surface area contributed by atoms with Crippen LogP contribution < -0.4 is 0 Å². The average molecular weight is 173 g/mol. The van der Waals surface area contributed by atoms with E-state index in [2.05, 4.69) is 11.8 Å². The molecule has 0 spiro atoms. The summed E-state index contributed by atoms with van der Waals surface area (Å²) in [5.74, 6) is 0.534. The summed E-state index contributed by atoms with van der Waals surface area (Å²) >= 11 is 0. The molecule has 1 heterocycles. The van der Waals surface area contributed by atoms with Crippen molar-refractivity contribution in [2.45, 2.75) is 26.0 Å². The van der Waals surface area contributed by atoms with E-state index in [9.17, 15) is 0 Å². The van der Waals surface area contributed by atoms with E-state index in [1.54, 1.807) is 0 Å². The van der Waals surface area contributed by atoms with Crippen LogP contribution in [0.4, 0.5) is 0 Å². The summed E-state index contributed by atoms with van der Waals surface area (Å²) < 4.78 is 5.59. The molecule has 0 radical (unpaired) electrons. The maximum atomic E-state index is 9.13. The van der Waals surface area contributed by atoms with Crippen LogP contribution in [0, 0.1) is 5.92 Å². The molecule has 3 nitrogen and oxygen atoms in total. The number of nitrogens with zero attached hydrogens (tertiary/aromatic N) is 1. The average Bonchev–Trinajstić information content (AvgIpc) is 2.28. The zero-order valence-electron chi connectivity index (χ0n) is 8.16. The van der Waals surface area contributed by atoms with Crippen LogP contribution in [0.2, 0.25) is 0 Å². The highest BCUT2D eigenvalue weighted by Gasteiger charge is 2.37. The Morgan fingerprint density at radius 3 is 2.75 bits per heavy atom. The summed E-state index contributed by atoms with van der Waals surface area (Å²) in [6.45, 7) is 6.13. The van der Waals surface area contributed by atoms with Gasteiger partial charge in [-0.05, 0) is 19.9 Å². The molecular weight excluding hydrogens is 154 g/mol. The Hall–Kier alpha value is -0.120. The molecular formula is C9H19NO2. The van der Waals surface area contributed by atoms with E-state index in [1.807, 2.05) is 14.0 Å². The van der Waals surface area contributed by atoms with Crippen LogP contribution in [-0.2, 0) is 4.74 Å². The predicted octanol–water partition coefficient (Wildman–Crippen LogP) is 0.334. The fourth-order valence-electron chi connectivity index (χ4n) is 2.03. The standard InChI is InChI=1S/C9H19NO2/c1-4-12-9-7(2)5-10(3)8(9)6-11/h7-9,11H,4-6H2,1-3H3/t7-,8-,9+/m1/s1. The number of aliphatic hydroxyl groups excluding tert-OH is 1. The van der Waals surface area contributed by atoms with Gasteiger partial charge in [0.1, 0.15) is 0 Å². The van der Waals surface area contributed by atoms with Crippen LogP contribution in [0.5, 0.6) is 0 Å². The summed E-state index contributed by atoms with van der Waals surface area (Å²) in [5.41, 5.74) is 0. The van der Waals surface area contributed by atoms with Crippen LogP contribution in [0.15, 0.2) is 0 Å². The summed E-state index contributed by atoms with van der Waals surface area (Å²) in [4.78, 5) is 2.17. The van der Waals surface area contributed by atoms with Crippen LogP contribution >= 0.6 is 0 Å². The van der Waals surface area contributed by atoms with Gasteiger partial charge in [0, 0.05) is 13.2 Å². The van der Waals surface area contributed by atoms with Gasteiger partial charge in [-0.2, -0.15) is 0 Å². The molecule has 3 atom stereocenters. The molecule has 1 saturated heterocycles. The second kappa shape index (κ2) is 4.21. The quantitative estimate of drug-likeness (QED) is 0.668. The summed E-state index contributed by atoms with van der Waals surface area (Å²) in [5, 5.41) is 9.13. The largest absolute Gasteiger partial charge is 0.395 e. The maximum Gasteiger partial charge on any atom is 0.0789 e. The maximum absolute atomic E-state index is 9.13. The molecule has 0 bridgehead atoms. The molecule has 0 aromatic heterocycles. The van der Waals surface area contributed by atoms with Gasteiger partial charge < -0.3 is 9.84 Å². The lowest BCUT2D eigenvalue weighted by atomic mass is 10.0. The second-order valence-electron chi connectivity index (χ2n) is 3.59. The van der Waals surface area contributed by atoms with E-state index in [1.165, 1.54) is 0 Å². The lowest BCUT2D eigenvalue weighted by Gasteiger charge is -2.23. The highest BCUT2D eigenvalue weighted by atomic mass is 16.5. The molecule has 0 saturated carbocycles. The molecule has 0 aliphatic carbocycles. The van der Waals surface area contributed by atoms with E-state index in [0.717, 1.165) is 13.2 Å². The summed E-state index contributed by atoms with van der Waals surface area (Å²) in [6.07, 6.45) is 0.213. The number of likely N-dealkylation sites (N-methyl/N-ethyl adjacent to an activating group) is 1. The Labute approximate surface area is 74.3 Å². The minimum absolute atomic E-state index is 0.194. The van der Waals surface area contributed by atoms with Crippen molar-refractivity contribution in [2.75, 3.05) is 26.8 Å². The van der Waals surface area contributed by atoms with Gasteiger partial charge in [-0.15, -0.1) is 0 Å². The Balaban J connectivity index is 2.55. The molecule has 0 aromatic rings. The molecule has 1 fully saturated rings. The van der Waals surface area contributed by atoms with E-state index < -0.39 is 0 Å². The number of aliphatic hydroxyl groups is 1. The number of ether oxygens (including phenoxy) is 1. The van der Waals surface area contributed by atoms with Gasteiger partial charge in [-0.3, -0.25) is 4.90 Å². The third-order valence-corrected chi connectivity index (χ3v) is 2.63. The second-order valence-corrected chi connectivity index (χ2v) is 3.59. The van der Waals surface area contributed by atoms with Gasteiger partial charge in [0.05, 0.1) is 18.8 Å². The smallest absolute Gasteiger partial charge is 0.0789 e. The predicted molar refractivity (Wildman–Crippen MR) is 48.1 cm³/mol. The molecule has 12 heavy (non-hydrogen) atoms. The lowest BCUT2D eigenvalue weighted by Crippen LogP contribution is -2.37. The van der Waals surface area contributed by atoms with Crippen LogP contribution in [0.1, 0.15) is 13.8 Å². The minimum atomic E-state index is 0.194. The zero-order valence-corrected chi connectivity index (χ0v) is 8.16. The Morgan fingerprint density at radius 2 is 2.25 bits per heavy atom. The van der Waals surface area contributed by atoms with E-state index in [4.69, 9.17) is 9.84 Å². The SMILES string of the molecule is CCO[C@H]1[C@H](C)CN(C)[C@@H]1CO. The Bertz CT molecular complexity index is 140. The monoisotopic (exact) mass is 173 g/mol. The van der Waals surface area contributed by atoms with Crippen molar-refractivity contribution in [1.82, 2.24) is 4.90 Å². The first kappa shape index (κ1) is 9.96. The van der Waals surface area contributed by atoms with Crippen molar-refractivity contribution in [3.05, 3.63) is 0 Å². The Morgan fingerprint density at radius 1 is 1.58 bits per heavy atom. The third-order valence-electron chi connectivity index (χ3n) is 2.63. The zero-order chi connectivity index (χ0) is 9.14. The number of hydrogen-bond acceptors (Lipinski definition) is 3. The highest BCUT2D eigenvalue weighted by Crippen LogP contribution is 2.24. The Kier molecular flexibility index (Phi) is 3.50. The molecule has 1 rings (SSSR count). The van der Waals surface area contributed by atoms with Crippen LogP contribution in [0.25, 0.3) is 0 Å². The van der Waals surface area contributed by atoms with Gasteiger partial charge in [0.15, 0.2) is 0 Å². The number of hydrogen-bond donors (Lipinski definition) is 1. The first-order chi connectivity index (χ1) is 5.70. The lowest BCUT2D eigenvalue weighted by molar-refractivity contribution is 0.00322.